The number of piperidine rings is 1. The van der Waals surface area contributed by atoms with Crippen molar-refractivity contribution in [3.63, 3.8) is 0 Å². The van der Waals surface area contributed by atoms with Crippen molar-refractivity contribution in [3.8, 4) is 0 Å². The molecule has 0 saturated carbocycles. The van der Waals surface area contributed by atoms with Gasteiger partial charge in [-0.2, -0.15) is 0 Å². The van der Waals surface area contributed by atoms with E-state index in [1.54, 1.807) is 4.90 Å². The third-order valence-corrected chi connectivity index (χ3v) is 3.63. The monoisotopic (exact) mass is 284 g/mol. The molecule has 1 aliphatic rings. The highest BCUT2D eigenvalue weighted by molar-refractivity contribution is 5.85. The maximum Gasteiger partial charge on any atom is 0.326 e. The summed E-state index contributed by atoms with van der Waals surface area (Å²) in [5, 5.41) is 11.7. The number of carbonyl (C=O) groups is 3. The molecular formula is C14H24N2O4. The molecule has 1 rings (SSSR count). The van der Waals surface area contributed by atoms with Crippen LogP contribution in [-0.2, 0) is 14.4 Å². The number of amides is 2. The highest BCUT2D eigenvalue weighted by Crippen LogP contribution is 2.18. The lowest BCUT2D eigenvalue weighted by molar-refractivity contribution is -0.143. The molecule has 1 aliphatic heterocycles. The third kappa shape index (κ3) is 4.83. The van der Waals surface area contributed by atoms with E-state index in [0.29, 0.717) is 32.4 Å². The molecule has 1 fully saturated rings. The van der Waals surface area contributed by atoms with Gasteiger partial charge in [0.15, 0.2) is 0 Å². The van der Waals surface area contributed by atoms with E-state index in [0.717, 1.165) is 0 Å². The maximum absolute atomic E-state index is 12.1. The normalized spacial score (nSPS) is 17.9. The Morgan fingerprint density at radius 1 is 1.25 bits per heavy atom. The van der Waals surface area contributed by atoms with Crippen LogP contribution in [0.2, 0.25) is 0 Å². The topological polar surface area (TPSA) is 86.7 Å². The van der Waals surface area contributed by atoms with E-state index in [1.807, 2.05) is 13.8 Å². The summed E-state index contributed by atoms with van der Waals surface area (Å²) in [5.41, 5.74) is 0. The van der Waals surface area contributed by atoms with Crippen LogP contribution in [0.25, 0.3) is 0 Å². The molecule has 6 nitrogen and oxygen atoms in total. The molecule has 20 heavy (non-hydrogen) atoms. The zero-order valence-corrected chi connectivity index (χ0v) is 12.4. The number of carbonyl (C=O) groups excluding carboxylic acids is 2. The van der Waals surface area contributed by atoms with Crippen LogP contribution in [0.3, 0.4) is 0 Å². The summed E-state index contributed by atoms with van der Waals surface area (Å²) in [7, 11) is 0. The fourth-order valence-electron chi connectivity index (χ4n) is 2.44. The summed E-state index contributed by atoms with van der Waals surface area (Å²) >= 11 is 0. The number of hydrogen-bond acceptors (Lipinski definition) is 3. The highest BCUT2D eigenvalue weighted by atomic mass is 16.4. The Balaban J connectivity index is 2.50. The van der Waals surface area contributed by atoms with Crippen molar-refractivity contribution in [3.05, 3.63) is 0 Å². The fourth-order valence-corrected chi connectivity index (χ4v) is 2.44. The fraction of sp³-hybridized carbons (Fsp3) is 0.786. The van der Waals surface area contributed by atoms with Gasteiger partial charge in [-0.25, -0.2) is 4.79 Å². The van der Waals surface area contributed by atoms with Gasteiger partial charge in [0, 0.05) is 25.9 Å². The Morgan fingerprint density at radius 3 is 2.20 bits per heavy atom. The van der Waals surface area contributed by atoms with Gasteiger partial charge in [0.2, 0.25) is 11.8 Å². The summed E-state index contributed by atoms with van der Waals surface area (Å²) < 4.78 is 0. The molecule has 114 valence electrons. The minimum atomic E-state index is -0.992. The average molecular weight is 284 g/mol. The summed E-state index contributed by atoms with van der Waals surface area (Å²) in [6.07, 6.45) is 1.62. The molecule has 1 atom stereocenters. The summed E-state index contributed by atoms with van der Waals surface area (Å²) in [5.74, 6) is -1.17. The van der Waals surface area contributed by atoms with Crippen LogP contribution in [0, 0.1) is 11.8 Å². The summed E-state index contributed by atoms with van der Waals surface area (Å²) in [4.78, 5) is 36.1. The first-order chi connectivity index (χ1) is 9.31. The zero-order valence-electron chi connectivity index (χ0n) is 12.4. The van der Waals surface area contributed by atoms with Gasteiger partial charge in [-0.15, -0.1) is 0 Å². The summed E-state index contributed by atoms with van der Waals surface area (Å²) in [6, 6.07) is -0.826. The number of carboxylic acid groups (broad SMARTS) is 1. The Morgan fingerprint density at radius 2 is 1.80 bits per heavy atom. The second-order valence-corrected chi connectivity index (χ2v) is 5.81. The SMILES string of the molecule is CC(=O)N1CCC(C(=O)NC(CC(C)C)C(=O)O)CC1. The van der Waals surface area contributed by atoms with Crippen molar-refractivity contribution < 1.29 is 19.5 Å². The molecule has 0 bridgehead atoms. The molecule has 1 unspecified atom stereocenters. The molecule has 1 saturated heterocycles. The van der Waals surface area contributed by atoms with Gasteiger partial charge < -0.3 is 15.3 Å². The van der Waals surface area contributed by atoms with E-state index >= 15 is 0 Å². The third-order valence-electron chi connectivity index (χ3n) is 3.63. The lowest BCUT2D eigenvalue weighted by Crippen LogP contribution is -2.47. The summed E-state index contributed by atoms with van der Waals surface area (Å²) in [6.45, 7) is 6.50. The van der Waals surface area contributed by atoms with E-state index in [1.165, 1.54) is 6.92 Å². The Labute approximate surface area is 119 Å². The van der Waals surface area contributed by atoms with Gasteiger partial charge in [0.25, 0.3) is 0 Å². The van der Waals surface area contributed by atoms with Crippen LogP contribution >= 0.6 is 0 Å². The molecule has 0 aliphatic carbocycles. The average Bonchev–Trinajstić information content (AvgIpc) is 2.37. The molecule has 0 aromatic rings. The van der Waals surface area contributed by atoms with Gasteiger partial charge in [0.1, 0.15) is 6.04 Å². The second-order valence-electron chi connectivity index (χ2n) is 5.81. The molecule has 0 aromatic carbocycles. The van der Waals surface area contributed by atoms with Crippen molar-refractivity contribution in [1.82, 2.24) is 10.2 Å². The zero-order chi connectivity index (χ0) is 15.3. The molecular weight excluding hydrogens is 260 g/mol. The molecule has 0 aromatic heterocycles. The number of carboxylic acids is 1. The van der Waals surface area contributed by atoms with Gasteiger partial charge >= 0.3 is 5.97 Å². The van der Waals surface area contributed by atoms with Crippen molar-refractivity contribution in [2.45, 2.75) is 46.1 Å². The Kier molecular flexibility index (Phi) is 5.98. The van der Waals surface area contributed by atoms with E-state index < -0.39 is 12.0 Å². The predicted octanol–water partition coefficient (Wildman–Crippen LogP) is 0.860. The Bertz CT molecular complexity index is 373. The molecule has 0 radical (unpaired) electrons. The first-order valence-electron chi connectivity index (χ1n) is 7.10. The van der Waals surface area contributed by atoms with Crippen molar-refractivity contribution in [1.29, 1.82) is 0 Å². The van der Waals surface area contributed by atoms with E-state index in [-0.39, 0.29) is 23.7 Å². The number of rotatable bonds is 5. The van der Waals surface area contributed by atoms with Crippen LogP contribution in [0.1, 0.15) is 40.0 Å². The lowest BCUT2D eigenvalue weighted by Gasteiger charge is -2.31. The van der Waals surface area contributed by atoms with Gasteiger partial charge in [-0.05, 0) is 25.2 Å². The van der Waals surface area contributed by atoms with E-state index in [9.17, 15) is 14.4 Å². The van der Waals surface area contributed by atoms with Gasteiger partial charge in [-0.1, -0.05) is 13.8 Å². The predicted molar refractivity (Wildman–Crippen MR) is 74.0 cm³/mol. The van der Waals surface area contributed by atoms with Gasteiger partial charge in [0.05, 0.1) is 0 Å². The lowest BCUT2D eigenvalue weighted by atomic mass is 9.95. The number of nitrogens with one attached hydrogen (secondary N) is 1. The largest absolute Gasteiger partial charge is 0.480 e. The molecule has 1 heterocycles. The van der Waals surface area contributed by atoms with Crippen molar-refractivity contribution in [2.24, 2.45) is 11.8 Å². The Hall–Kier alpha value is -1.59. The minimum absolute atomic E-state index is 0.0204. The highest BCUT2D eigenvalue weighted by Gasteiger charge is 2.29. The number of nitrogens with zero attached hydrogens (tertiary/aromatic N) is 1. The van der Waals surface area contributed by atoms with Crippen LogP contribution in [0.4, 0.5) is 0 Å². The van der Waals surface area contributed by atoms with Crippen molar-refractivity contribution in [2.75, 3.05) is 13.1 Å². The quantitative estimate of drug-likeness (QED) is 0.784. The number of aliphatic carboxylic acids is 1. The standard InChI is InChI=1S/C14H24N2O4/c1-9(2)8-12(14(19)20)15-13(18)11-4-6-16(7-5-11)10(3)17/h9,11-12H,4-8H2,1-3H3,(H,15,18)(H,19,20). The molecule has 0 spiro atoms. The van der Waals surface area contributed by atoms with Gasteiger partial charge in [-0.3, -0.25) is 9.59 Å². The number of likely N-dealkylation sites (tertiary alicyclic amines) is 1. The molecule has 2 N–H and O–H groups in total. The van der Waals surface area contributed by atoms with Crippen LogP contribution in [-0.4, -0.2) is 46.9 Å². The molecule has 2 amide bonds. The number of hydrogen-bond donors (Lipinski definition) is 2. The first kappa shape index (κ1) is 16.5. The van der Waals surface area contributed by atoms with E-state index in [4.69, 9.17) is 5.11 Å². The van der Waals surface area contributed by atoms with Crippen LogP contribution in [0.15, 0.2) is 0 Å². The maximum atomic E-state index is 12.1. The van der Waals surface area contributed by atoms with Crippen molar-refractivity contribution >= 4 is 17.8 Å². The molecule has 6 heteroatoms. The smallest absolute Gasteiger partial charge is 0.326 e. The first-order valence-corrected chi connectivity index (χ1v) is 7.10. The van der Waals surface area contributed by atoms with Crippen LogP contribution in [0.5, 0.6) is 0 Å². The minimum Gasteiger partial charge on any atom is -0.480 e. The second kappa shape index (κ2) is 7.26. The van der Waals surface area contributed by atoms with Crippen LogP contribution < -0.4 is 5.32 Å². The van der Waals surface area contributed by atoms with E-state index in [2.05, 4.69) is 5.32 Å².